The van der Waals surface area contributed by atoms with Crippen molar-refractivity contribution in [2.24, 2.45) is 0 Å². The van der Waals surface area contributed by atoms with E-state index in [9.17, 15) is 0 Å². The molecule has 2 heteroatoms. The van der Waals surface area contributed by atoms with E-state index in [1.807, 2.05) is 0 Å². The van der Waals surface area contributed by atoms with Gasteiger partial charge < -0.3 is 10.1 Å². The summed E-state index contributed by atoms with van der Waals surface area (Å²) in [5.41, 5.74) is 2.62. The highest BCUT2D eigenvalue weighted by molar-refractivity contribution is 5.30. The van der Waals surface area contributed by atoms with Crippen molar-refractivity contribution in [1.29, 1.82) is 0 Å². The van der Waals surface area contributed by atoms with Crippen LogP contribution in [0.15, 0.2) is 36.4 Å². The Morgan fingerprint density at radius 1 is 1.14 bits per heavy atom. The minimum Gasteiger partial charge on any atom is -0.494 e. The molecular weight excluding hydrogens is 258 g/mol. The van der Waals surface area contributed by atoms with Crippen LogP contribution in [0.25, 0.3) is 0 Å². The topological polar surface area (TPSA) is 21.3 Å². The highest BCUT2D eigenvalue weighted by atomic mass is 16.5. The zero-order valence-corrected chi connectivity index (χ0v) is 14.0. The second kappa shape index (κ2) is 10.4. The Hall–Kier alpha value is -1.28. The quantitative estimate of drug-likeness (QED) is 0.443. The van der Waals surface area contributed by atoms with E-state index in [1.54, 1.807) is 0 Å². The zero-order valence-electron chi connectivity index (χ0n) is 14.0. The molecule has 0 fully saturated rings. The molecule has 0 bridgehead atoms. The third kappa shape index (κ3) is 6.81. The van der Waals surface area contributed by atoms with E-state index in [-0.39, 0.29) is 0 Å². The van der Waals surface area contributed by atoms with E-state index in [1.165, 1.54) is 17.6 Å². The summed E-state index contributed by atoms with van der Waals surface area (Å²) in [6.45, 7) is 12.5. The van der Waals surface area contributed by atoms with Gasteiger partial charge in [0.05, 0.1) is 6.61 Å². The molecule has 118 valence electrons. The molecule has 0 amide bonds. The van der Waals surface area contributed by atoms with Gasteiger partial charge in [0.25, 0.3) is 0 Å². The molecule has 1 aromatic rings. The SMILES string of the molecule is C=C(CC)CC(NCCC)c1ccc(OCCCC)cc1. The fourth-order valence-corrected chi connectivity index (χ4v) is 2.19. The lowest BCUT2D eigenvalue weighted by Gasteiger charge is -2.20. The molecule has 0 aliphatic heterocycles. The molecule has 0 saturated carbocycles. The molecular formula is C19H31NO. The van der Waals surface area contributed by atoms with Crippen LogP contribution in [0.5, 0.6) is 5.75 Å². The summed E-state index contributed by atoms with van der Waals surface area (Å²) >= 11 is 0. The Bertz CT molecular complexity index is 397. The van der Waals surface area contributed by atoms with Gasteiger partial charge >= 0.3 is 0 Å². The average molecular weight is 289 g/mol. The molecule has 1 atom stereocenters. The van der Waals surface area contributed by atoms with Gasteiger partial charge in [0.15, 0.2) is 0 Å². The molecule has 1 aromatic carbocycles. The molecule has 21 heavy (non-hydrogen) atoms. The van der Waals surface area contributed by atoms with Crippen LogP contribution in [-0.2, 0) is 0 Å². The number of hydrogen-bond acceptors (Lipinski definition) is 2. The van der Waals surface area contributed by atoms with E-state index in [0.29, 0.717) is 6.04 Å². The molecule has 0 aliphatic rings. The molecule has 0 heterocycles. The van der Waals surface area contributed by atoms with Gasteiger partial charge in [-0.15, -0.1) is 0 Å². The first-order valence-electron chi connectivity index (χ1n) is 8.34. The first kappa shape index (κ1) is 17.8. The minimum absolute atomic E-state index is 0.363. The molecule has 0 aliphatic carbocycles. The third-order valence-electron chi connectivity index (χ3n) is 3.68. The lowest BCUT2D eigenvalue weighted by atomic mass is 9.98. The Morgan fingerprint density at radius 2 is 1.86 bits per heavy atom. The van der Waals surface area contributed by atoms with E-state index in [0.717, 1.165) is 44.6 Å². The average Bonchev–Trinajstić information content (AvgIpc) is 2.52. The first-order valence-corrected chi connectivity index (χ1v) is 8.34. The molecule has 0 aromatic heterocycles. The summed E-state index contributed by atoms with van der Waals surface area (Å²) in [7, 11) is 0. The monoisotopic (exact) mass is 289 g/mol. The summed E-state index contributed by atoms with van der Waals surface area (Å²) in [5.74, 6) is 0.968. The van der Waals surface area contributed by atoms with Gasteiger partial charge in [0, 0.05) is 6.04 Å². The number of nitrogens with one attached hydrogen (secondary N) is 1. The predicted octanol–water partition coefficient (Wildman–Crippen LogP) is 5.26. The van der Waals surface area contributed by atoms with Crippen LogP contribution in [0.1, 0.15) is 64.5 Å². The normalized spacial score (nSPS) is 12.1. The smallest absolute Gasteiger partial charge is 0.119 e. The Morgan fingerprint density at radius 3 is 2.43 bits per heavy atom. The van der Waals surface area contributed by atoms with Gasteiger partial charge in [0.1, 0.15) is 5.75 Å². The van der Waals surface area contributed by atoms with Crippen molar-refractivity contribution in [3.05, 3.63) is 42.0 Å². The predicted molar refractivity (Wildman–Crippen MR) is 91.9 cm³/mol. The number of hydrogen-bond donors (Lipinski definition) is 1. The minimum atomic E-state index is 0.363. The van der Waals surface area contributed by atoms with Crippen molar-refractivity contribution in [3.63, 3.8) is 0 Å². The zero-order chi connectivity index (χ0) is 15.5. The van der Waals surface area contributed by atoms with Crippen molar-refractivity contribution in [3.8, 4) is 5.75 Å². The molecule has 0 spiro atoms. The maximum Gasteiger partial charge on any atom is 0.119 e. The highest BCUT2D eigenvalue weighted by Crippen LogP contribution is 2.24. The lowest BCUT2D eigenvalue weighted by Crippen LogP contribution is -2.22. The van der Waals surface area contributed by atoms with E-state index in [2.05, 4.69) is 56.9 Å². The molecule has 0 radical (unpaired) electrons. The van der Waals surface area contributed by atoms with Gasteiger partial charge in [-0.2, -0.15) is 0 Å². The number of unbranched alkanes of at least 4 members (excludes halogenated alkanes) is 1. The molecule has 1 rings (SSSR count). The van der Waals surface area contributed by atoms with Crippen molar-refractivity contribution in [1.82, 2.24) is 5.32 Å². The summed E-state index contributed by atoms with van der Waals surface area (Å²) in [6.07, 6.45) is 5.47. The summed E-state index contributed by atoms with van der Waals surface area (Å²) in [5, 5.41) is 3.62. The van der Waals surface area contributed by atoms with E-state index >= 15 is 0 Å². The Balaban J connectivity index is 2.65. The van der Waals surface area contributed by atoms with E-state index in [4.69, 9.17) is 4.74 Å². The van der Waals surface area contributed by atoms with Crippen molar-refractivity contribution >= 4 is 0 Å². The molecule has 1 N–H and O–H groups in total. The summed E-state index contributed by atoms with van der Waals surface area (Å²) in [4.78, 5) is 0. The van der Waals surface area contributed by atoms with Gasteiger partial charge in [-0.3, -0.25) is 0 Å². The maximum atomic E-state index is 5.73. The number of benzene rings is 1. The summed E-state index contributed by atoms with van der Waals surface area (Å²) < 4.78 is 5.73. The summed E-state index contributed by atoms with van der Waals surface area (Å²) in [6, 6.07) is 8.89. The van der Waals surface area contributed by atoms with Gasteiger partial charge in [0.2, 0.25) is 0 Å². The Kier molecular flexibility index (Phi) is 8.84. The number of rotatable bonds is 11. The highest BCUT2D eigenvalue weighted by Gasteiger charge is 2.11. The van der Waals surface area contributed by atoms with Crippen LogP contribution in [0.4, 0.5) is 0 Å². The van der Waals surface area contributed by atoms with Crippen molar-refractivity contribution in [2.45, 2.75) is 58.9 Å². The third-order valence-corrected chi connectivity index (χ3v) is 3.68. The van der Waals surface area contributed by atoms with Crippen LogP contribution in [0, 0.1) is 0 Å². The van der Waals surface area contributed by atoms with Crippen LogP contribution in [-0.4, -0.2) is 13.2 Å². The van der Waals surface area contributed by atoms with Gasteiger partial charge in [-0.25, -0.2) is 0 Å². The van der Waals surface area contributed by atoms with Crippen molar-refractivity contribution in [2.75, 3.05) is 13.2 Å². The maximum absolute atomic E-state index is 5.73. The van der Waals surface area contributed by atoms with Crippen LogP contribution in [0.3, 0.4) is 0 Å². The first-order chi connectivity index (χ1) is 10.2. The largest absolute Gasteiger partial charge is 0.494 e. The van der Waals surface area contributed by atoms with Crippen molar-refractivity contribution < 1.29 is 4.74 Å². The molecule has 2 nitrogen and oxygen atoms in total. The van der Waals surface area contributed by atoms with Gasteiger partial charge in [-0.05, 0) is 49.9 Å². The van der Waals surface area contributed by atoms with Crippen LogP contribution >= 0.6 is 0 Å². The Labute approximate surface area is 130 Å². The standard InChI is InChI=1S/C19H31NO/c1-5-8-14-21-18-11-9-17(10-12-18)19(20-13-6-2)15-16(4)7-3/h9-12,19-20H,4-8,13-15H2,1-3H3. The van der Waals surface area contributed by atoms with Crippen LogP contribution < -0.4 is 10.1 Å². The van der Waals surface area contributed by atoms with Gasteiger partial charge in [-0.1, -0.05) is 51.5 Å². The molecule has 0 saturated heterocycles. The van der Waals surface area contributed by atoms with Crippen LogP contribution in [0.2, 0.25) is 0 Å². The second-order valence-corrected chi connectivity index (χ2v) is 5.59. The lowest BCUT2D eigenvalue weighted by molar-refractivity contribution is 0.309. The fourth-order valence-electron chi connectivity index (χ4n) is 2.19. The second-order valence-electron chi connectivity index (χ2n) is 5.59. The molecule has 1 unspecified atom stereocenters. The number of ether oxygens (including phenoxy) is 1. The fraction of sp³-hybridized carbons (Fsp3) is 0.579. The van der Waals surface area contributed by atoms with E-state index < -0.39 is 0 Å².